The van der Waals surface area contributed by atoms with Gasteiger partial charge in [0.1, 0.15) is 23.8 Å². The Balaban J connectivity index is 1.74. The highest BCUT2D eigenvalue weighted by Crippen LogP contribution is 2.36. The monoisotopic (exact) mass is 425 g/mol. The van der Waals surface area contributed by atoms with Crippen LogP contribution in [-0.4, -0.2) is 59.8 Å². The van der Waals surface area contributed by atoms with E-state index >= 15 is 0 Å². The van der Waals surface area contributed by atoms with Crippen LogP contribution in [-0.2, 0) is 17.5 Å². The number of alkyl halides is 3. The van der Waals surface area contributed by atoms with Crippen molar-refractivity contribution >= 4 is 17.1 Å². The van der Waals surface area contributed by atoms with Crippen LogP contribution in [0.2, 0.25) is 0 Å². The minimum Gasteiger partial charge on any atom is -0.394 e. The van der Waals surface area contributed by atoms with Crippen LogP contribution in [0, 0.1) is 0 Å². The van der Waals surface area contributed by atoms with Gasteiger partial charge in [-0.25, -0.2) is 9.97 Å². The molecule has 12 heteroatoms. The van der Waals surface area contributed by atoms with Crippen molar-refractivity contribution in [2.45, 2.75) is 37.3 Å². The van der Waals surface area contributed by atoms with E-state index in [2.05, 4.69) is 20.3 Å². The number of hydrogen-bond donors (Lipinski definition) is 4. The van der Waals surface area contributed by atoms with E-state index in [-0.39, 0.29) is 18.1 Å². The van der Waals surface area contributed by atoms with Gasteiger partial charge in [0.2, 0.25) is 5.95 Å². The molecule has 3 heterocycles. The second-order valence-corrected chi connectivity index (χ2v) is 6.79. The summed E-state index contributed by atoms with van der Waals surface area (Å²) in [6, 6.07) is 8.98. The van der Waals surface area contributed by atoms with E-state index in [0.717, 1.165) is 16.5 Å². The van der Waals surface area contributed by atoms with E-state index in [9.17, 15) is 28.5 Å². The standard InChI is InChI=1S/C18H18F3N5O4/c19-18(20,21)14-11-15(25-17(24-14)22-6-9-4-2-1-3-5-9)26(8-23-11)16-13(29)12(28)10(7-27)30-16/h1-5,8,10,12-13,16,27-29H,6-7H2,(H,22,24,25)/t10-,12-,13-,16?/m1/s1. The molecule has 1 unspecified atom stereocenters. The van der Waals surface area contributed by atoms with Gasteiger partial charge in [-0.2, -0.15) is 18.2 Å². The largest absolute Gasteiger partial charge is 0.435 e. The molecule has 1 aliphatic heterocycles. The van der Waals surface area contributed by atoms with Crippen molar-refractivity contribution in [2.75, 3.05) is 11.9 Å². The van der Waals surface area contributed by atoms with E-state index in [1.807, 2.05) is 6.07 Å². The molecule has 4 rings (SSSR count). The number of halogens is 3. The van der Waals surface area contributed by atoms with Crippen molar-refractivity contribution in [3.05, 3.63) is 47.9 Å². The number of aromatic nitrogens is 4. The molecule has 0 aliphatic carbocycles. The molecule has 9 nitrogen and oxygen atoms in total. The fourth-order valence-corrected chi connectivity index (χ4v) is 3.27. The predicted molar refractivity (Wildman–Crippen MR) is 97.1 cm³/mol. The second kappa shape index (κ2) is 7.80. The van der Waals surface area contributed by atoms with Gasteiger partial charge in [-0.05, 0) is 5.56 Å². The second-order valence-electron chi connectivity index (χ2n) is 6.79. The maximum atomic E-state index is 13.6. The molecular weight excluding hydrogens is 407 g/mol. The summed E-state index contributed by atoms with van der Waals surface area (Å²) in [6.45, 7) is -0.389. The van der Waals surface area contributed by atoms with E-state index in [4.69, 9.17) is 4.74 Å². The molecule has 160 valence electrons. The number of aliphatic hydroxyl groups is 3. The van der Waals surface area contributed by atoms with Crippen LogP contribution in [0.4, 0.5) is 19.1 Å². The Kier molecular flexibility index (Phi) is 5.32. The van der Waals surface area contributed by atoms with Gasteiger partial charge in [0, 0.05) is 6.54 Å². The first-order valence-corrected chi connectivity index (χ1v) is 9.01. The van der Waals surface area contributed by atoms with E-state index in [0.29, 0.717) is 0 Å². The average Bonchev–Trinajstić information content (AvgIpc) is 3.27. The number of nitrogens with zero attached hydrogens (tertiary/aromatic N) is 4. The van der Waals surface area contributed by atoms with Crippen LogP contribution in [0.1, 0.15) is 17.5 Å². The number of rotatable bonds is 5. The Bertz CT molecular complexity index is 1030. The highest BCUT2D eigenvalue weighted by molar-refractivity contribution is 5.75. The molecule has 1 fully saturated rings. The Morgan fingerprint density at radius 3 is 2.47 bits per heavy atom. The number of aliphatic hydroxyl groups excluding tert-OH is 3. The third-order valence-corrected chi connectivity index (χ3v) is 4.77. The zero-order valence-electron chi connectivity index (χ0n) is 15.4. The predicted octanol–water partition coefficient (Wildman–Crippen LogP) is 1.07. The third-order valence-electron chi connectivity index (χ3n) is 4.77. The zero-order valence-corrected chi connectivity index (χ0v) is 15.4. The minimum absolute atomic E-state index is 0.186. The summed E-state index contributed by atoms with van der Waals surface area (Å²) in [5.74, 6) is -0.285. The highest BCUT2D eigenvalue weighted by Gasteiger charge is 2.45. The number of nitrogens with one attached hydrogen (secondary N) is 1. The Labute approximate surface area is 167 Å². The summed E-state index contributed by atoms with van der Waals surface area (Å²) in [5.41, 5.74) is -1.19. The van der Waals surface area contributed by atoms with Gasteiger partial charge in [0.25, 0.3) is 0 Å². The molecule has 0 radical (unpaired) electrons. The van der Waals surface area contributed by atoms with E-state index in [1.165, 1.54) is 0 Å². The van der Waals surface area contributed by atoms with Crippen LogP contribution >= 0.6 is 0 Å². The Hall–Kier alpha value is -2.80. The van der Waals surface area contributed by atoms with Crippen LogP contribution in [0.3, 0.4) is 0 Å². The first-order chi connectivity index (χ1) is 14.3. The molecule has 2 aromatic heterocycles. The molecule has 30 heavy (non-hydrogen) atoms. The van der Waals surface area contributed by atoms with E-state index < -0.39 is 48.5 Å². The summed E-state index contributed by atoms with van der Waals surface area (Å²) in [5, 5.41) is 32.2. The van der Waals surface area contributed by atoms with Crippen molar-refractivity contribution in [3.63, 3.8) is 0 Å². The number of benzene rings is 1. The fourth-order valence-electron chi connectivity index (χ4n) is 3.27. The molecule has 4 N–H and O–H groups in total. The number of anilines is 1. The van der Waals surface area contributed by atoms with E-state index in [1.54, 1.807) is 24.3 Å². The van der Waals surface area contributed by atoms with Gasteiger partial charge in [-0.1, -0.05) is 30.3 Å². The molecule has 1 aromatic carbocycles. The van der Waals surface area contributed by atoms with Crippen molar-refractivity contribution in [2.24, 2.45) is 0 Å². The molecule has 4 atom stereocenters. The number of imidazole rings is 1. The lowest BCUT2D eigenvalue weighted by molar-refractivity contribution is -0.139. The topological polar surface area (TPSA) is 126 Å². The van der Waals surface area contributed by atoms with Gasteiger partial charge < -0.3 is 25.4 Å². The summed E-state index contributed by atoms with van der Waals surface area (Å²) >= 11 is 0. The molecule has 0 amide bonds. The zero-order chi connectivity index (χ0) is 21.5. The Morgan fingerprint density at radius 2 is 1.83 bits per heavy atom. The number of ether oxygens (including phenoxy) is 1. The summed E-state index contributed by atoms with van der Waals surface area (Å²) < 4.78 is 47.2. The molecule has 1 aliphatic rings. The average molecular weight is 425 g/mol. The first-order valence-electron chi connectivity index (χ1n) is 9.01. The van der Waals surface area contributed by atoms with Crippen LogP contribution < -0.4 is 5.32 Å². The summed E-state index contributed by atoms with van der Waals surface area (Å²) in [6.07, 6.45) is -9.06. The highest BCUT2D eigenvalue weighted by atomic mass is 19.4. The lowest BCUT2D eigenvalue weighted by Gasteiger charge is -2.17. The number of hydrogen-bond acceptors (Lipinski definition) is 8. The SMILES string of the molecule is OC[C@H]1OC(n2cnc3c(C(F)(F)F)nc(NCc4ccccc4)nc32)[C@H](O)[C@@H]1O. The lowest BCUT2D eigenvalue weighted by atomic mass is 10.1. The van der Waals surface area contributed by atoms with Crippen molar-refractivity contribution in [1.82, 2.24) is 19.5 Å². The maximum absolute atomic E-state index is 13.6. The van der Waals surface area contributed by atoms with Gasteiger partial charge in [0.05, 0.1) is 12.9 Å². The van der Waals surface area contributed by atoms with Gasteiger partial charge >= 0.3 is 6.18 Å². The summed E-state index contributed by atoms with van der Waals surface area (Å²) in [4.78, 5) is 11.5. The molecule has 1 saturated heterocycles. The lowest BCUT2D eigenvalue weighted by Crippen LogP contribution is -2.33. The minimum atomic E-state index is -4.80. The molecular formula is C18H18F3N5O4. The molecule has 3 aromatic rings. The quantitative estimate of drug-likeness (QED) is 0.478. The number of fused-ring (bicyclic) bond motifs is 1. The normalized spacial score (nSPS) is 24.5. The van der Waals surface area contributed by atoms with Gasteiger partial charge in [-0.15, -0.1) is 0 Å². The van der Waals surface area contributed by atoms with Gasteiger partial charge in [-0.3, -0.25) is 4.57 Å². The van der Waals surface area contributed by atoms with Crippen molar-refractivity contribution < 1.29 is 33.2 Å². The van der Waals surface area contributed by atoms with Crippen molar-refractivity contribution in [1.29, 1.82) is 0 Å². The molecule has 0 bridgehead atoms. The van der Waals surface area contributed by atoms with Crippen LogP contribution in [0.15, 0.2) is 36.7 Å². The third kappa shape index (κ3) is 3.69. The fraction of sp³-hybridized carbons (Fsp3) is 0.389. The first kappa shape index (κ1) is 20.5. The molecule has 0 saturated carbocycles. The summed E-state index contributed by atoms with van der Waals surface area (Å²) in [7, 11) is 0. The van der Waals surface area contributed by atoms with Crippen LogP contribution in [0.25, 0.3) is 11.2 Å². The van der Waals surface area contributed by atoms with Crippen LogP contribution in [0.5, 0.6) is 0 Å². The van der Waals surface area contributed by atoms with Crippen molar-refractivity contribution in [3.8, 4) is 0 Å². The van der Waals surface area contributed by atoms with Gasteiger partial charge in [0.15, 0.2) is 17.6 Å². The Morgan fingerprint density at radius 1 is 1.10 bits per heavy atom. The smallest absolute Gasteiger partial charge is 0.394 e. The molecule has 0 spiro atoms. The maximum Gasteiger partial charge on any atom is 0.435 e.